The zero-order chi connectivity index (χ0) is 17.3. The van der Waals surface area contributed by atoms with Crippen LogP contribution in [-0.4, -0.2) is 32.2 Å². The highest BCUT2D eigenvalue weighted by Gasteiger charge is 2.14. The third-order valence-corrected chi connectivity index (χ3v) is 3.73. The van der Waals surface area contributed by atoms with Gasteiger partial charge in [-0.1, -0.05) is 37.6 Å². The lowest BCUT2D eigenvalue weighted by Crippen LogP contribution is -2.12. The smallest absolute Gasteiger partial charge is 0.356 e. The van der Waals surface area contributed by atoms with E-state index in [0.717, 1.165) is 17.8 Å². The molecule has 0 radical (unpaired) electrons. The van der Waals surface area contributed by atoms with Crippen LogP contribution >= 0.6 is 11.6 Å². The third-order valence-electron chi connectivity index (χ3n) is 3.48. The lowest BCUT2D eigenvalue weighted by molar-refractivity contribution is 0.0690. The van der Waals surface area contributed by atoms with Crippen LogP contribution in [0.3, 0.4) is 0 Å². The number of nitrogens with one attached hydrogen (secondary N) is 1. The van der Waals surface area contributed by atoms with Gasteiger partial charge in [-0.25, -0.2) is 9.78 Å². The molecular weight excluding hydrogens is 328 g/mol. The van der Waals surface area contributed by atoms with Crippen molar-refractivity contribution in [3.63, 3.8) is 0 Å². The zero-order valence-corrected chi connectivity index (χ0v) is 14.1. The van der Waals surface area contributed by atoms with Gasteiger partial charge in [-0.2, -0.15) is 9.61 Å². The van der Waals surface area contributed by atoms with Crippen molar-refractivity contribution < 1.29 is 9.90 Å². The minimum Gasteiger partial charge on any atom is -0.476 e. The number of aromatic nitrogens is 3. The van der Waals surface area contributed by atoms with E-state index in [1.807, 2.05) is 18.2 Å². The van der Waals surface area contributed by atoms with E-state index in [0.29, 0.717) is 22.4 Å². The summed E-state index contributed by atoms with van der Waals surface area (Å²) >= 11 is 5.94. The first-order valence-corrected chi connectivity index (χ1v) is 7.96. The summed E-state index contributed by atoms with van der Waals surface area (Å²) in [6.45, 7) is 4.93. The average molecular weight is 345 g/mol. The van der Waals surface area contributed by atoms with Gasteiger partial charge < -0.3 is 10.4 Å². The fraction of sp³-hybridized carbons (Fsp3) is 0.235. The monoisotopic (exact) mass is 344 g/mol. The van der Waals surface area contributed by atoms with Gasteiger partial charge in [0, 0.05) is 29.3 Å². The van der Waals surface area contributed by atoms with E-state index in [4.69, 9.17) is 11.6 Å². The molecule has 0 aliphatic rings. The normalized spacial score (nSPS) is 11.2. The zero-order valence-electron chi connectivity index (χ0n) is 13.3. The summed E-state index contributed by atoms with van der Waals surface area (Å²) in [4.78, 5) is 15.7. The van der Waals surface area contributed by atoms with Crippen LogP contribution in [0, 0.1) is 5.92 Å². The molecule has 0 unspecified atom stereocenters. The number of hydrogen-bond donors (Lipinski definition) is 2. The Bertz CT molecular complexity index is 887. The number of nitrogens with zero attached hydrogens (tertiary/aromatic N) is 3. The number of hydrogen-bond acceptors (Lipinski definition) is 4. The highest BCUT2D eigenvalue weighted by molar-refractivity contribution is 6.30. The Balaban J connectivity index is 2.12. The molecule has 6 nitrogen and oxygen atoms in total. The summed E-state index contributed by atoms with van der Waals surface area (Å²) in [6, 6.07) is 10.7. The van der Waals surface area contributed by atoms with Crippen LogP contribution in [0.25, 0.3) is 16.9 Å². The maximum Gasteiger partial charge on any atom is 0.356 e. The standard InChI is InChI=1S/C17H17ClN4O2/c1-10(2)9-19-15-7-13(11-3-5-12(18)6-4-11)20-16-8-14(17(23)24)21-22(15)16/h3-8,10,19H,9H2,1-2H3,(H,23,24). The minimum absolute atomic E-state index is 0.0386. The van der Waals surface area contributed by atoms with Crippen LogP contribution < -0.4 is 5.32 Å². The van der Waals surface area contributed by atoms with E-state index in [2.05, 4.69) is 29.2 Å². The molecule has 0 amide bonds. The quantitative estimate of drug-likeness (QED) is 0.735. The molecule has 0 saturated carbocycles. The minimum atomic E-state index is -1.08. The Labute approximate surface area is 144 Å². The molecule has 7 heteroatoms. The van der Waals surface area contributed by atoms with E-state index in [-0.39, 0.29) is 5.69 Å². The first kappa shape index (κ1) is 16.3. The largest absolute Gasteiger partial charge is 0.476 e. The van der Waals surface area contributed by atoms with Gasteiger partial charge in [0.1, 0.15) is 5.82 Å². The Morgan fingerprint density at radius 2 is 2.00 bits per heavy atom. The number of carboxylic acid groups (broad SMARTS) is 1. The van der Waals surface area contributed by atoms with Gasteiger partial charge in [0.15, 0.2) is 11.3 Å². The summed E-state index contributed by atoms with van der Waals surface area (Å²) < 4.78 is 1.52. The maximum atomic E-state index is 11.2. The van der Waals surface area contributed by atoms with E-state index in [9.17, 15) is 9.90 Å². The summed E-state index contributed by atoms with van der Waals surface area (Å²) in [5, 5.41) is 17.2. The first-order chi connectivity index (χ1) is 11.4. The van der Waals surface area contributed by atoms with Crippen LogP contribution in [0.1, 0.15) is 24.3 Å². The van der Waals surface area contributed by atoms with Gasteiger partial charge in [-0.3, -0.25) is 0 Å². The van der Waals surface area contributed by atoms with Crippen molar-refractivity contribution in [2.75, 3.05) is 11.9 Å². The molecule has 2 aromatic heterocycles. The van der Waals surface area contributed by atoms with Crippen LogP contribution in [0.2, 0.25) is 5.02 Å². The van der Waals surface area contributed by atoms with E-state index >= 15 is 0 Å². The number of rotatable bonds is 5. The molecule has 0 aliphatic carbocycles. The SMILES string of the molecule is CC(C)CNc1cc(-c2ccc(Cl)cc2)nc2cc(C(=O)O)nn12. The number of benzene rings is 1. The van der Waals surface area contributed by atoms with E-state index < -0.39 is 5.97 Å². The predicted molar refractivity (Wildman–Crippen MR) is 93.7 cm³/mol. The molecule has 1 aromatic carbocycles. The summed E-state index contributed by atoms with van der Waals surface area (Å²) in [7, 11) is 0. The highest BCUT2D eigenvalue weighted by atomic mass is 35.5. The summed E-state index contributed by atoms with van der Waals surface area (Å²) in [5.74, 6) is 0.0520. The molecule has 3 rings (SSSR count). The maximum absolute atomic E-state index is 11.2. The molecule has 3 aromatic rings. The third kappa shape index (κ3) is 3.33. The summed E-state index contributed by atoms with van der Waals surface area (Å²) in [5.41, 5.74) is 2.06. The van der Waals surface area contributed by atoms with Crippen molar-refractivity contribution in [3.05, 3.63) is 47.1 Å². The molecule has 0 fully saturated rings. The first-order valence-electron chi connectivity index (χ1n) is 7.58. The van der Waals surface area contributed by atoms with E-state index in [1.54, 1.807) is 12.1 Å². The van der Waals surface area contributed by atoms with Gasteiger partial charge >= 0.3 is 5.97 Å². The molecule has 0 saturated heterocycles. The Hall–Kier alpha value is -2.60. The van der Waals surface area contributed by atoms with Crippen molar-refractivity contribution in [2.45, 2.75) is 13.8 Å². The van der Waals surface area contributed by atoms with Crippen LogP contribution in [0.5, 0.6) is 0 Å². The van der Waals surface area contributed by atoms with Gasteiger partial charge in [-0.05, 0) is 18.1 Å². The molecule has 0 spiro atoms. The number of halogens is 1. The van der Waals surface area contributed by atoms with Crippen molar-refractivity contribution in [1.82, 2.24) is 14.6 Å². The van der Waals surface area contributed by atoms with Gasteiger partial charge in [-0.15, -0.1) is 0 Å². The average Bonchev–Trinajstić information content (AvgIpc) is 2.97. The number of fused-ring (bicyclic) bond motifs is 1. The lowest BCUT2D eigenvalue weighted by atomic mass is 10.1. The topological polar surface area (TPSA) is 79.5 Å². The van der Waals surface area contributed by atoms with E-state index in [1.165, 1.54) is 10.6 Å². The molecule has 2 heterocycles. The van der Waals surface area contributed by atoms with Crippen LogP contribution in [0.15, 0.2) is 36.4 Å². The van der Waals surface area contributed by atoms with Crippen molar-refractivity contribution in [3.8, 4) is 11.3 Å². The second-order valence-electron chi connectivity index (χ2n) is 5.91. The molecule has 0 atom stereocenters. The molecule has 0 aliphatic heterocycles. The fourth-order valence-electron chi connectivity index (χ4n) is 2.28. The Kier molecular flexibility index (Phi) is 4.40. The molecule has 124 valence electrons. The Morgan fingerprint density at radius 3 is 2.62 bits per heavy atom. The lowest BCUT2D eigenvalue weighted by Gasteiger charge is -2.12. The highest BCUT2D eigenvalue weighted by Crippen LogP contribution is 2.24. The Morgan fingerprint density at radius 1 is 1.29 bits per heavy atom. The van der Waals surface area contributed by atoms with Crippen molar-refractivity contribution in [1.29, 1.82) is 0 Å². The number of aromatic carboxylic acids is 1. The molecule has 24 heavy (non-hydrogen) atoms. The van der Waals surface area contributed by atoms with Gasteiger partial charge in [0.05, 0.1) is 5.69 Å². The van der Waals surface area contributed by atoms with Crippen LogP contribution in [-0.2, 0) is 0 Å². The molecular formula is C17H17ClN4O2. The predicted octanol–water partition coefficient (Wildman–Crippen LogP) is 3.82. The number of carbonyl (C=O) groups is 1. The number of carboxylic acids is 1. The second-order valence-corrected chi connectivity index (χ2v) is 6.35. The van der Waals surface area contributed by atoms with Crippen molar-refractivity contribution >= 4 is 29.0 Å². The molecule has 2 N–H and O–H groups in total. The summed E-state index contributed by atoms with van der Waals surface area (Å²) in [6.07, 6.45) is 0. The van der Waals surface area contributed by atoms with Crippen LogP contribution in [0.4, 0.5) is 5.82 Å². The second kappa shape index (κ2) is 6.49. The van der Waals surface area contributed by atoms with Gasteiger partial charge in [0.25, 0.3) is 0 Å². The van der Waals surface area contributed by atoms with Gasteiger partial charge in [0.2, 0.25) is 0 Å². The molecule has 0 bridgehead atoms. The fourth-order valence-corrected chi connectivity index (χ4v) is 2.41. The van der Waals surface area contributed by atoms with Crippen molar-refractivity contribution in [2.24, 2.45) is 5.92 Å². The number of anilines is 1.